The fourth-order valence-corrected chi connectivity index (χ4v) is 5.16. The normalized spacial score (nSPS) is 15.0. The van der Waals surface area contributed by atoms with Crippen molar-refractivity contribution in [1.29, 1.82) is 0 Å². The van der Waals surface area contributed by atoms with Crippen LogP contribution in [0.15, 0.2) is 60.0 Å². The molecular weight excluding hydrogens is 451 g/mol. The van der Waals surface area contributed by atoms with Gasteiger partial charge in [0, 0.05) is 23.5 Å². The van der Waals surface area contributed by atoms with E-state index in [1.54, 1.807) is 16.2 Å². The smallest absolute Gasteiger partial charge is 0.254 e. The fourth-order valence-electron chi connectivity index (χ4n) is 4.24. The molecule has 2 amide bonds. The molecule has 1 aromatic heterocycles. The molecule has 0 N–H and O–H groups in total. The largest absolute Gasteiger partial charge is 0.491 e. The number of halogens is 1. The maximum Gasteiger partial charge on any atom is 0.254 e. The van der Waals surface area contributed by atoms with Crippen LogP contribution in [0.4, 0.5) is 4.39 Å². The van der Waals surface area contributed by atoms with Crippen molar-refractivity contribution in [2.24, 2.45) is 0 Å². The number of aryl methyl sites for hydroxylation is 1. The third-order valence-electron chi connectivity index (χ3n) is 6.04. The van der Waals surface area contributed by atoms with Crippen molar-refractivity contribution in [3.05, 3.63) is 87.4 Å². The van der Waals surface area contributed by atoms with Gasteiger partial charge < -0.3 is 14.5 Å². The van der Waals surface area contributed by atoms with Gasteiger partial charge in [0.25, 0.3) is 5.91 Å². The number of fused-ring (bicyclic) bond motifs is 1. The Bertz CT molecular complexity index is 1130. The molecule has 0 bridgehead atoms. The van der Waals surface area contributed by atoms with Gasteiger partial charge in [0.05, 0.1) is 6.04 Å². The molecule has 4 rings (SSSR count). The molecule has 5 nitrogen and oxygen atoms in total. The quantitative estimate of drug-likeness (QED) is 0.442. The standard InChI is InChI=1S/C27H29FN2O3S/c1-3-14-29(27(32)20-6-8-21(28)9-7-20)17-26(31)30-15-12-25-23(13-16-34-25)24(30)18-33-22-10-4-19(2)5-11-22/h4-11,13,16,24H,3,12,14-15,17-18H2,1-2H3/t24-/m0/s1. The van der Waals surface area contributed by atoms with E-state index in [1.807, 2.05) is 43.0 Å². The van der Waals surface area contributed by atoms with Crippen molar-refractivity contribution in [3.63, 3.8) is 0 Å². The van der Waals surface area contributed by atoms with Gasteiger partial charge >= 0.3 is 0 Å². The van der Waals surface area contributed by atoms with E-state index in [1.165, 1.54) is 29.1 Å². The van der Waals surface area contributed by atoms with Crippen LogP contribution in [0.1, 0.15) is 45.7 Å². The van der Waals surface area contributed by atoms with Crippen molar-refractivity contribution >= 4 is 23.2 Å². The first kappa shape index (κ1) is 24.0. The number of amides is 2. The Labute approximate surface area is 203 Å². The van der Waals surface area contributed by atoms with Crippen molar-refractivity contribution in [1.82, 2.24) is 9.80 Å². The van der Waals surface area contributed by atoms with E-state index >= 15 is 0 Å². The highest BCUT2D eigenvalue weighted by Gasteiger charge is 2.33. The number of carbonyl (C=O) groups is 2. The van der Waals surface area contributed by atoms with Crippen LogP contribution in [0.25, 0.3) is 0 Å². The zero-order valence-corrected chi connectivity index (χ0v) is 20.3. The van der Waals surface area contributed by atoms with Crippen molar-refractivity contribution in [2.75, 3.05) is 26.2 Å². The summed E-state index contributed by atoms with van der Waals surface area (Å²) in [5, 5.41) is 2.05. The van der Waals surface area contributed by atoms with Gasteiger partial charge in [0.15, 0.2) is 0 Å². The van der Waals surface area contributed by atoms with Crippen LogP contribution in [-0.2, 0) is 11.2 Å². The predicted molar refractivity (Wildman–Crippen MR) is 132 cm³/mol. The van der Waals surface area contributed by atoms with E-state index in [4.69, 9.17) is 4.74 Å². The van der Waals surface area contributed by atoms with Crippen LogP contribution in [0, 0.1) is 12.7 Å². The summed E-state index contributed by atoms with van der Waals surface area (Å²) < 4.78 is 19.4. The lowest BCUT2D eigenvalue weighted by molar-refractivity contribution is -0.135. The summed E-state index contributed by atoms with van der Waals surface area (Å²) in [6.07, 6.45) is 1.51. The summed E-state index contributed by atoms with van der Waals surface area (Å²) in [6.45, 7) is 5.34. The molecule has 0 saturated heterocycles. The van der Waals surface area contributed by atoms with Gasteiger partial charge in [-0.15, -0.1) is 11.3 Å². The number of nitrogens with zero attached hydrogens (tertiary/aromatic N) is 2. The summed E-state index contributed by atoms with van der Waals surface area (Å²) in [7, 11) is 0. The summed E-state index contributed by atoms with van der Waals surface area (Å²) in [5.41, 5.74) is 2.65. The molecule has 178 valence electrons. The molecule has 1 aliphatic rings. The first-order valence-corrected chi connectivity index (χ1v) is 12.4. The molecule has 0 unspecified atom stereocenters. The van der Waals surface area contributed by atoms with Gasteiger partial charge in [-0.05, 0) is 73.2 Å². The minimum atomic E-state index is -0.397. The van der Waals surface area contributed by atoms with E-state index in [-0.39, 0.29) is 24.4 Å². The molecule has 1 aliphatic heterocycles. The Morgan fingerprint density at radius 3 is 2.56 bits per heavy atom. The molecule has 34 heavy (non-hydrogen) atoms. The Morgan fingerprint density at radius 2 is 1.85 bits per heavy atom. The number of ether oxygens (including phenoxy) is 1. The summed E-state index contributed by atoms with van der Waals surface area (Å²) in [6, 6.07) is 15.2. The van der Waals surface area contributed by atoms with E-state index in [0.717, 1.165) is 29.7 Å². The first-order chi connectivity index (χ1) is 16.5. The molecule has 0 saturated carbocycles. The maximum atomic E-state index is 13.5. The second-order valence-electron chi connectivity index (χ2n) is 8.51. The monoisotopic (exact) mass is 480 g/mol. The summed E-state index contributed by atoms with van der Waals surface area (Å²) >= 11 is 1.70. The molecule has 2 heterocycles. The van der Waals surface area contributed by atoms with E-state index < -0.39 is 5.82 Å². The molecule has 7 heteroatoms. The van der Waals surface area contributed by atoms with Crippen molar-refractivity contribution in [3.8, 4) is 5.75 Å². The van der Waals surface area contributed by atoms with Gasteiger partial charge in [-0.3, -0.25) is 9.59 Å². The maximum absolute atomic E-state index is 13.5. The molecule has 0 fully saturated rings. The van der Waals surface area contributed by atoms with Crippen LogP contribution in [0.3, 0.4) is 0 Å². The van der Waals surface area contributed by atoms with Gasteiger partial charge in [-0.2, -0.15) is 0 Å². The van der Waals surface area contributed by atoms with Gasteiger partial charge in [0.1, 0.15) is 24.7 Å². The van der Waals surface area contributed by atoms with Crippen LogP contribution in [0.2, 0.25) is 0 Å². The van der Waals surface area contributed by atoms with Crippen molar-refractivity contribution in [2.45, 2.75) is 32.7 Å². The third-order valence-corrected chi connectivity index (χ3v) is 7.04. The molecule has 0 radical (unpaired) electrons. The van der Waals surface area contributed by atoms with E-state index in [0.29, 0.717) is 25.3 Å². The number of hydrogen-bond donors (Lipinski definition) is 0. The van der Waals surface area contributed by atoms with Crippen molar-refractivity contribution < 1.29 is 18.7 Å². The molecular formula is C27H29FN2O3S. The highest BCUT2D eigenvalue weighted by Crippen LogP contribution is 2.34. The Hall–Kier alpha value is -3.19. The average Bonchev–Trinajstić information content (AvgIpc) is 3.32. The van der Waals surface area contributed by atoms with Gasteiger partial charge in [-0.25, -0.2) is 4.39 Å². The first-order valence-electron chi connectivity index (χ1n) is 11.6. The van der Waals surface area contributed by atoms with Gasteiger partial charge in [0.2, 0.25) is 5.91 Å². The lowest BCUT2D eigenvalue weighted by atomic mass is 10.0. The van der Waals surface area contributed by atoms with Crippen LogP contribution < -0.4 is 4.74 Å². The average molecular weight is 481 g/mol. The topological polar surface area (TPSA) is 49.9 Å². The highest BCUT2D eigenvalue weighted by molar-refractivity contribution is 7.10. The number of benzene rings is 2. The van der Waals surface area contributed by atoms with Crippen LogP contribution >= 0.6 is 11.3 Å². The molecule has 1 atom stereocenters. The molecule has 0 aliphatic carbocycles. The lowest BCUT2D eigenvalue weighted by Gasteiger charge is -2.37. The van der Waals surface area contributed by atoms with Crippen LogP contribution in [-0.4, -0.2) is 47.9 Å². The molecule has 2 aromatic carbocycles. The zero-order valence-electron chi connectivity index (χ0n) is 19.5. The second kappa shape index (κ2) is 10.8. The predicted octanol–water partition coefficient (Wildman–Crippen LogP) is 5.25. The Kier molecular flexibility index (Phi) is 7.63. The Balaban J connectivity index is 1.51. The van der Waals surface area contributed by atoms with E-state index in [9.17, 15) is 14.0 Å². The third kappa shape index (κ3) is 5.47. The fraction of sp³-hybridized carbons (Fsp3) is 0.333. The lowest BCUT2D eigenvalue weighted by Crippen LogP contribution is -2.48. The number of carbonyl (C=O) groups excluding carboxylic acids is 2. The minimum absolute atomic E-state index is 0.0233. The number of hydrogen-bond acceptors (Lipinski definition) is 4. The number of thiophene rings is 1. The van der Waals surface area contributed by atoms with Crippen LogP contribution in [0.5, 0.6) is 5.75 Å². The van der Waals surface area contributed by atoms with E-state index in [2.05, 4.69) is 11.4 Å². The molecule has 3 aromatic rings. The summed E-state index contributed by atoms with van der Waals surface area (Å²) in [5.74, 6) is -0.0143. The zero-order chi connectivity index (χ0) is 24.1. The minimum Gasteiger partial charge on any atom is -0.491 e. The Morgan fingerprint density at radius 1 is 1.12 bits per heavy atom. The summed E-state index contributed by atoms with van der Waals surface area (Å²) in [4.78, 5) is 31.2. The van der Waals surface area contributed by atoms with Gasteiger partial charge in [-0.1, -0.05) is 24.6 Å². The molecule has 0 spiro atoms. The highest BCUT2D eigenvalue weighted by atomic mass is 32.1. The number of rotatable bonds is 8. The SMILES string of the molecule is CCCN(CC(=O)N1CCc2sccc2[C@@H]1COc1ccc(C)cc1)C(=O)c1ccc(F)cc1. The second-order valence-corrected chi connectivity index (χ2v) is 9.51.